The quantitative estimate of drug-likeness (QED) is 0.458. The van der Waals surface area contributed by atoms with Crippen LogP contribution >= 0.6 is 12.2 Å². The number of amides is 1. The second-order valence-corrected chi connectivity index (χ2v) is 7.96. The van der Waals surface area contributed by atoms with E-state index in [1.807, 2.05) is 73.7 Å². The van der Waals surface area contributed by atoms with E-state index in [0.29, 0.717) is 21.9 Å². The van der Waals surface area contributed by atoms with Crippen LogP contribution in [0.5, 0.6) is 0 Å². The van der Waals surface area contributed by atoms with Crippen molar-refractivity contribution in [1.82, 2.24) is 10.2 Å². The van der Waals surface area contributed by atoms with Crippen LogP contribution in [0.3, 0.4) is 0 Å². The fourth-order valence-corrected chi connectivity index (χ4v) is 4.01. The number of ether oxygens (including phenoxy) is 1. The molecule has 7 heteroatoms. The maximum absolute atomic E-state index is 12.7. The number of nitrogens with zero attached hydrogens (tertiary/aromatic N) is 1. The molecule has 3 aromatic carbocycles. The van der Waals surface area contributed by atoms with Gasteiger partial charge in [-0.3, -0.25) is 4.79 Å². The highest BCUT2D eigenvalue weighted by Crippen LogP contribution is 2.31. The van der Waals surface area contributed by atoms with E-state index in [4.69, 9.17) is 17.0 Å². The molecule has 162 valence electrons. The molecule has 0 aromatic heterocycles. The van der Waals surface area contributed by atoms with Crippen molar-refractivity contribution in [2.45, 2.75) is 13.0 Å². The molecule has 32 heavy (non-hydrogen) atoms. The van der Waals surface area contributed by atoms with Crippen molar-refractivity contribution in [2.75, 3.05) is 19.5 Å². The highest BCUT2D eigenvalue weighted by atomic mass is 32.1. The average Bonchev–Trinajstić information content (AvgIpc) is 2.82. The summed E-state index contributed by atoms with van der Waals surface area (Å²) >= 11 is 5.40. The lowest BCUT2D eigenvalue weighted by Crippen LogP contribution is -2.46. The van der Waals surface area contributed by atoms with E-state index in [-0.39, 0.29) is 5.91 Å². The van der Waals surface area contributed by atoms with Gasteiger partial charge in [0.15, 0.2) is 5.11 Å². The van der Waals surface area contributed by atoms with Crippen LogP contribution in [0.15, 0.2) is 78.0 Å². The number of thiocarbonyl (C=S) groups is 1. The predicted molar refractivity (Wildman–Crippen MR) is 129 cm³/mol. The predicted octanol–water partition coefficient (Wildman–Crippen LogP) is 4.40. The summed E-state index contributed by atoms with van der Waals surface area (Å²) in [6, 6.07) is 20.4. The number of methoxy groups -OCH3 is 1. The standard InChI is InChI=1S/C25H23N3O3S/c1-15-21(24(30)31-3)22(27-25(32)28(15)2)17-10-12-20(13-11-17)26-23(29)19-9-8-16-6-4-5-7-18(16)14-19/h4-14,22H,1-3H3,(H,26,29)(H,27,32). The molecule has 0 radical (unpaired) electrons. The van der Waals surface area contributed by atoms with Crippen molar-refractivity contribution in [3.05, 3.63) is 89.1 Å². The fraction of sp³-hybridized carbons (Fsp3) is 0.160. The van der Waals surface area contributed by atoms with Gasteiger partial charge in [-0.2, -0.15) is 0 Å². The Kier molecular flexibility index (Phi) is 5.92. The van der Waals surface area contributed by atoms with Crippen LogP contribution in [0.25, 0.3) is 10.8 Å². The molecule has 0 bridgehead atoms. The van der Waals surface area contributed by atoms with Gasteiger partial charge >= 0.3 is 5.97 Å². The second-order valence-electron chi connectivity index (χ2n) is 7.57. The Labute approximate surface area is 191 Å². The summed E-state index contributed by atoms with van der Waals surface area (Å²) < 4.78 is 4.99. The van der Waals surface area contributed by atoms with Crippen LogP contribution in [-0.2, 0) is 9.53 Å². The minimum atomic E-state index is -0.434. The number of hydrogen-bond acceptors (Lipinski definition) is 4. The maximum atomic E-state index is 12.7. The molecule has 1 unspecified atom stereocenters. The van der Waals surface area contributed by atoms with E-state index >= 15 is 0 Å². The maximum Gasteiger partial charge on any atom is 0.337 e. The summed E-state index contributed by atoms with van der Waals surface area (Å²) in [6.07, 6.45) is 0. The summed E-state index contributed by atoms with van der Waals surface area (Å²) in [5, 5.41) is 8.74. The minimum absolute atomic E-state index is 0.187. The molecular formula is C25H23N3O3S. The molecule has 1 atom stereocenters. The molecule has 0 saturated heterocycles. The Balaban J connectivity index is 1.56. The van der Waals surface area contributed by atoms with Gasteiger partial charge in [0.1, 0.15) is 0 Å². The zero-order valence-electron chi connectivity index (χ0n) is 18.0. The first-order valence-electron chi connectivity index (χ1n) is 10.1. The van der Waals surface area contributed by atoms with Gasteiger partial charge in [-0.05, 0) is 59.7 Å². The molecule has 1 heterocycles. The lowest BCUT2D eigenvalue weighted by molar-refractivity contribution is -0.136. The van der Waals surface area contributed by atoms with Crippen molar-refractivity contribution >= 4 is 45.7 Å². The lowest BCUT2D eigenvalue weighted by Gasteiger charge is -2.35. The highest BCUT2D eigenvalue weighted by Gasteiger charge is 2.33. The lowest BCUT2D eigenvalue weighted by atomic mass is 9.95. The summed E-state index contributed by atoms with van der Waals surface area (Å²) in [5.41, 5.74) is 3.31. The summed E-state index contributed by atoms with van der Waals surface area (Å²) in [4.78, 5) is 26.9. The number of esters is 1. The molecule has 3 aromatic rings. The van der Waals surface area contributed by atoms with Gasteiger partial charge in [-0.25, -0.2) is 4.79 Å². The molecule has 1 aliphatic rings. The van der Waals surface area contributed by atoms with Crippen LogP contribution in [0, 0.1) is 0 Å². The molecule has 0 spiro atoms. The summed E-state index contributed by atoms with van der Waals surface area (Å²) in [6.45, 7) is 1.84. The molecule has 1 aliphatic heterocycles. The summed E-state index contributed by atoms with van der Waals surface area (Å²) in [5.74, 6) is -0.601. The Morgan fingerprint density at radius 3 is 2.41 bits per heavy atom. The zero-order valence-corrected chi connectivity index (χ0v) is 18.8. The van der Waals surface area contributed by atoms with E-state index in [1.54, 1.807) is 11.9 Å². The first kappa shape index (κ1) is 21.5. The molecule has 6 nitrogen and oxygen atoms in total. The topological polar surface area (TPSA) is 70.7 Å². The van der Waals surface area contributed by atoms with Crippen molar-refractivity contribution in [3.8, 4) is 0 Å². The number of nitrogens with one attached hydrogen (secondary N) is 2. The first-order valence-corrected chi connectivity index (χ1v) is 10.5. The van der Waals surface area contributed by atoms with Gasteiger partial charge in [0.05, 0.1) is 18.7 Å². The Morgan fingerprint density at radius 1 is 1.03 bits per heavy atom. The number of allylic oxidation sites excluding steroid dienone is 1. The monoisotopic (exact) mass is 445 g/mol. The van der Waals surface area contributed by atoms with Gasteiger partial charge in [0.2, 0.25) is 0 Å². The number of anilines is 1. The zero-order chi connectivity index (χ0) is 22.8. The van der Waals surface area contributed by atoms with Crippen molar-refractivity contribution in [1.29, 1.82) is 0 Å². The van der Waals surface area contributed by atoms with Gasteiger partial charge in [0, 0.05) is 24.0 Å². The highest BCUT2D eigenvalue weighted by molar-refractivity contribution is 7.80. The average molecular weight is 446 g/mol. The van der Waals surface area contributed by atoms with Gasteiger partial charge in [-0.1, -0.05) is 42.5 Å². The second kappa shape index (κ2) is 8.80. The Hall–Kier alpha value is -3.71. The molecule has 0 saturated carbocycles. The molecule has 0 fully saturated rings. The Morgan fingerprint density at radius 2 is 1.72 bits per heavy atom. The number of carbonyl (C=O) groups excluding carboxylic acids is 2. The van der Waals surface area contributed by atoms with Gasteiger partial charge in [-0.15, -0.1) is 0 Å². The first-order chi connectivity index (χ1) is 15.4. The van der Waals surface area contributed by atoms with Crippen LogP contribution in [0.1, 0.15) is 28.9 Å². The Bertz CT molecular complexity index is 1250. The van der Waals surface area contributed by atoms with Crippen LogP contribution in [0.4, 0.5) is 5.69 Å². The van der Waals surface area contributed by atoms with E-state index in [9.17, 15) is 9.59 Å². The number of benzene rings is 3. The molecular weight excluding hydrogens is 422 g/mol. The van der Waals surface area contributed by atoms with Gasteiger partial charge < -0.3 is 20.3 Å². The van der Waals surface area contributed by atoms with Crippen LogP contribution < -0.4 is 10.6 Å². The third-order valence-electron chi connectivity index (χ3n) is 5.67. The fourth-order valence-electron chi connectivity index (χ4n) is 3.75. The third kappa shape index (κ3) is 4.07. The molecule has 0 aliphatic carbocycles. The molecule has 4 rings (SSSR count). The number of rotatable bonds is 4. The minimum Gasteiger partial charge on any atom is -0.466 e. The summed E-state index contributed by atoms with van der Waals surface area (Å²) in [7, 11) is 3.16. The number of fused-ring (bicyclic) bond motifs is 1. The third-order valence-corrected chi connectivity index (χ3v) is 6.06. The van der Waals surface area contributed by atoms with Crippen molar-refractivity contribution in [3.63, 3.8) is 0 Å². The normalized spacial score (nSPS) is 16.0. The number of carbonyl (C=O) groups is 2. The van der Waals surface area contributed by atoms with Crippen molar-refractivity contribution < 1.29 is 14.3 Å². The molecule has 1 amide bonds. The van der Waals surface area contributed by atoms with E-state index < -0.39 is 12.0 Å². The van der Waals surface area contributed by atoms with E-state index in [2.05, 4.69) is 10.6 Å². The molecule has 2 N–H and O–H groups in total. The van der Waals surface area contributed by atoms with E-state index in [0.717, 1.165) is 22.0 Å². The van der Waals surface area contributed by atoms with Crippen LogP contribution in [-0.4, -0.2) is 36.0 Å². The van der Waals surface area contributed by atoms with Crippen molar-refractivity contribution in [2.24, 2.45) is 0 Å². The number of hydrogen-bond donors (Lipinski definition) is 2. The largest absolute Gasteiger partial charge is 0.466 e. The smallest absolute Gasteiger partial charge is 0.337 e. The van der Waals surface area contributed by atoms with Crippen LogP contribution in [0.2, 0.25) is 0 Å². The SMILES string of the molecule is COC(=O)C1=C(C)N(C)C(=S)NC1c1ccc(NC(=O)c2ccc3ccccc3c2)cc1. The van der Waals surface area contributed by atoms with Gasteiger partial charge in [0.25, 0.3) is 5.91 Å². The van der Waals surface area contributed by atoms with E-state index in [1.165, 1.54) is 7.11 Å².